The van der Waals surface area contributed by atoms with E-state index in [-0.39, 0.29) is 37.8 Å². The molecule has 0 radical (unpaired) electrons. The summed E-state index contributed by atoms with van der Waals surface area (Å²) in [6.45, 7) is 42.1. The lowest BCUT2D eigenvalue weighted by atomic mass is 9.44. The molecule has 5 heteroatoms. The molecule has 0 aliphatic heterocycles. The lowest BCUT2D eigenvalue weighted by Gasteiger charge is -2.61. The van der Waals surface area contributed by atoms with Gasteiger partial charge in [0.2, 0.25) is 0 Å². The molecular weight excluding hydrogens is 797 g/mol. The molecule has 0 unspecified atom stereocenters. The normalized spacial score (nSPS) is 30.0. The van der Waals surface area contributed by atoms with Gasteiger partial charge < -0.3 is 9.84 Å². The number of esters is 1. The summed E-state index contributed by atoms with van der Waals surface area (Å²) in [6.07, 6.45) is 15.6. The van der Waals surface area contributed by atoms with Crippen LogP contribution in [-0.4, -0.2) is 21.3 Å². The first-order valence-electron chi connectivity index (χ1n) is 25.0. The Balaban J connectivity index is 1.17. The molecule has 4 aliphatic carbocycles. The number of carbonyl (C=O) groups is 1. The largest absolute Gasteiger partial charge is 0.507 e. The third kappa shape index (κ3) is 10.3. The second-order valence-corrected chi connectivity index (χ2v) is 29.9. The summed E-state index contributed by atoms with van der Waals surface area (Å²) in [6, 6.07) is 9.59. The molecule has 0 heterocycles. The van der Waals surface area contributed by atoms with Gasteiger partial charge in [0, 0.05) is 27.8 Å². The van der Waals surface area contributed by atoms with E-state index < -0.39 is 0 Å². The van der Waals surface area contributed by atoms with Crippen molar-refractivity contribution < 1.29 is 14.6 Å². The Morgan fingerprint density at radius 2 is 1.18 bits per heavy atom. The van der Waals surface area contributed by atoms with Gasteiger partial charge >= 0.3 is 5.97 Å². The Labute approximate surface area is 389 Å². The summed E-state index contributed by atoms with van der Waals surface area (Å²) in [5.74, 6) is 5.24. The van der Waals surface area contributed by atoms with E-state index >= 15 is 0 Å². The number of phenols is 1. The van der Waals surface area contributed by atoms with Crippen LogP contribution in [0.1, 0.15) is 223 Å². The number of thioether (sulfide) groups is 2. The van der Waals surface area contributed by atoms with Gasteiger partial charge in [-0.05, 0) is 193 Å². The van der Waals surface area contributed by atoms with Crippen LogP contribution < -0.4 is 0 Å². The van der Waals surface area contributed by atoms with Crippen molar-refractivity contribution in [2.75, 3.05) is 0 Å². The van der Waals surface area contributed by atoms with Gasteiger partial charge in [-0.3, -0.25) is 4.79 Å². The monoisotopic (exact) mass is 887 g/mol. The second-order valence-electron chi connectivity index (χ2n) is 26.2. The molecule has 0 bridgehead atoms. The molecule has 0 amide bonds. The van der Waals surface area contributed by atoms with Gasteiger partial charge in [-0.15, -0.1) is 23.5 Å². The number of phenolic OH excluding ortho intramolecular Hbond substituents is 1. The lowest BCUT2D eigenvalue weighted by molar-refractivity contribution is -0.160. The van der Waals surface area contributed by atoms with E-state index in [1.54, 1.807) is 12.5 Å². The molecule has 0 aromatic heterocycles. The van der Waals surface area contributed by atoms with Crippen LogP contribution in [0.4, 0.5) is 0 Å². The van der Waals surface area contributed by atoms with E-state index in [0.717, 1.165) is 60.0 Å². The maximum atomic E-state index is 11.8. The topological polar surface area (TPSA) is 46.5 Å². The molecule has 62 heavy (non-hydrogen) atoms. The number of hydrogen-bond donors (Lipinski definition) is 1. The fraction of sp³-hybridized carbons (Fsp3) is 0.772. The van der Waals surface area contributed by atoms with E-state index in [1.807, 2.05) is 23.5 Å². The average molecular weight is 887 g/mol. The number of fused-ring (bicyclic) bond motifs is 5. The standard InChI is InChI=1S/C57H90O3S2/c1-35(43-24-25-44-42-23-22-37-30-38(60-36(2)58)26-28-56(37,17)45(42)27-29-57(43,44)18)20-19-21-41-46(51(3,4)5)31-39(32-47(41)52(6,7)8)61-55(15,16)62-40-33-48(53(9,10)11)50(59)49(34-40)54(12,13)14/h31-35,37-38,42-45,59H,19-30H2,1-18H3/t35-,37-,38-,42+,43-,44+,45+,56+,57-/m1/s1. The van der Waals surface area contributed by atoms with E-state index in [1.165, 1.54) is 78.7 Å². The summed E-state index contributed by atoms with van der Waals surface area (Å²) in [7, 11) is 0. The molecule has 1 N–H and O–H groups in total. The zero-order valence-corrected chi connectivity index (χ0v) is 44.5. The number of hydrogen-bond acceptors (Lipinski definition) is 5. The first-order chi connectivity index (χ1) is 28.3. The summed E-state index contributed by atoms with van der Waals surface area (Å²) < 4.78 is 5.65. The van der Waals surface area contributed by atoms with E-state index in [0.29, 0.717) is 22.5 Å². The quantitative estimate of drug-likeness (QED) is 0.146. The van der Waals surface area contributed by atoms with Crippen LogP contribution in [0.3, 0.4) is 0 Å². The van der Waals surface area contributed by atoms with Crippen molar-refractivity contribution >= 4 is 29.5 Å². The summed E-state index contributed by atoms with van der Waals surface area (Å²) >= 11 is 3.92. The predicted octanol–water partition coefficient (Wildman–Crippen LogP) is 16.8. The number of rotatable bonds is 10. The Morgan fingerprint density at radius 3 is 1.68 bits per heavy atom. The third-order valence-electron chi connectivity index (χ3n) is 17.1. The van der Waals surface area contributed by atoms with Crippen LogP contribution >= 0.6 is 23.5 Å². The maximum Gasteiger partial charge on any atom is 0.302 e. The Bertz CT molecular complexity index is 1860. The average Bonchev–Trinajstić information content (AvgIpc) is 3.47. The minimum Gasteiger partial charge on any atom is -0.507 e. The van der Waals surface area contributed by atoms with Gasteiger partial charge in [0.1, 0.15) is 11.9 Å². The van der Waals surface area contributed by atoms with Gasteiger partial charge in [0.25, 0.3) is 0 Å². The molecule has 0 saturated heterocycles. The molecule has 4 aliphatic rings. The summed E-state index contributed by atoms with van der Waals surface area (Å²) in [5, 5.41) is 11.4. The molecule has 4 fully saturated rings. The highest BCUT2D eigenvalue weighted by molar-refractivity contribution is 8.18. The van der Waals surface area contributed by atoms with Gasteiger partial charge in [0.15, 0.2) is 0 Å². The van der Waals surface area contributed by atoms with E-state index in [2.05, 4.69) is 142 Å². The molecule has 4 saturated carbocycles. The SMILES string of the molecule is CC(=O)O[C@@H]1CC[C@@]2(C)[C@H](CC[C@@H]3[C@@H]2CC[C@]2(C)[C@@H]([C@H](C)CCCc4c(C(C)(C)C)cc(SC(C)(C)Sc5cc(C(C)(C)C)c(O)c(C(C)(C)C)c5)cc4C(C)(C)C)CC[C@@H]32)C1. The van der Waals surface area contributed by atoms with E-state index in [4.69, 9.17) is 4.74 Å². The Kier molecular flexibility index (Phi) is 14.1. The fourth-order valence-corrected chi connectivity index (χ4v) is 16.6. The van der Waals surface area contributed by atoms with E-state index in [9.17, 15) is 9.90 Å². The van der Waals surface area contributed by atoms with Crippen LogP contribution in [0, 0.1) is 46.3 Å². The number of ether oxygens (including phenoxy) is 1. The second kappa shape index (κ2) is 17.6. The third-order valence-corrected chi connectivity index (χ3v) is 19.5. The van der Waals surface area contributed by atoms with Crippen LogP contribution in [0.15, 0.2) is 34.1 Å². The van der Waals surface area contributed by atoms with Crippen molar-refractivity contribution in [3.63, 3.8) is 0 Å². The highest BCUT2D eigenvalue weighted by Crippen LogP contribution is 2.68. The van der Waals surface area contributed by atoms with Gasteiger partial charge in [-0.25, -0.2) is 0 Å². The predicted molar refractivity (Wildman–Crippen MR) is 268 cm³/mol. The first kappa shape index (κ1) is 49.8. The molecule has 3 nitrogen and oxygen atoms in total. The fourth-order valence-electron chi connectivity index (χ4n) is 14.0. The Morgan fingerprint density at radius 1 is 0.694 bits per heavy atom. The number of aromatic hydroxyl groups is 1. The van der Waals surface area contributed by atoms with Crippen molar-refractivity contribution in [3.05, 3.63) is 52.1 Å². The van der Waals surface area contributed by atoms with Crippen molar-refractivity contribution in [1.29, 1.82) is 0 Å². The Hall–Kier alpha value is -1.59. The number of benzene rings is 2. The molecule has 2 aromatic rings. The zero-order chi connectivity index (χ0) is 46.2. The van der Waals surface area contributed by atoms with Crippen molar-refractivity contribution in [1.82, 2.24) is 0 Å². The molecule has 0 spiro atoms. The molecule has 6 rings (SSSR count). The minimum absolute atomic E-state index is 0.0368. The smallest absolute Gasteiger partial charge is 0.302 e. The first-order valence-corrected chi connectivity index (χ1v) is 26.6. The van der Waals surface area contributed by atoms with Gasteiger partial charge in [0.05, 0.1) is 4.08 Å². The van der Waals surface area contributed by atoms with Crippen LogP contribution in [0.5, 0.6) is 5.75 Å². The lowest BCUT2D eigenvalue weighted by Crippen LogP contribution is -2.54. The highest BCUT2D eigenvalue weighted by atomic mass is 32.2. The van der Waals surface area contributed by atoms with Crippen LogP contribution in [-0.2, 0) is 37.6 Å². The van der Waals surface area contributed by atoms with Gasteiger partial charge in [-0.1, -0.05) is 110 Å². The van der Waals surface area contributed by atoms with Crippen LogP contribution in [0.2, 0.25) is 0 Å². The molecule has 9 atom stereocenters. The highest BCUT2D eigenvalue weighted by Gasteiger charge is 2.60. The summed E-state index contributed by atoms with van der Waals surface area (Å²) in [4.78, 5) is 14.4. The van der Waals surface area contributed by atoms with Crippen molar-refractivity contribution in [2.45, 2.75) is 243 Å². The minimum atomic E-state index is -0.154. The van der Waals surface area contributed by atoms with Crippen molar-refractivity contribution in [3.8, 4) is 5.75 Å². The zero-order valence-electron chi connectivity index (χ0n) is 42.9. The molecular formula is C57H90O3S2. The molecule has 348 valence electrons. The van der Waals surface area contributed by atoms with Gasteiger partial charge in [-0.2, -0.15) is 0 Å². The molecule has 2 aromatic carbocycles. The van der Waals surface area contributed by atoms with Crippen LogP contribution in [0.25, 0.3) is 0 Å². The summed E-state index contributed by atoms with van der Waals surface area (Å²) in [5.41, 5.74) is 7.35. The number of carbonyl (C=O) groups excluding carboxylic acids is 1. The van der Waals surface area contributed by atoms with Crippen molar-refractivity contribution in [2.24, 2.45) is 46.3 Å². The maximum absolute atomic E-state index is 11.8.